The normalized spacial score (nSPS) is 10.5. The van der Waals surface area contributed by atoms with Crippen LogP contribution >= 0.6 is 23.2 Å². The Balaban J connectivity index is 2.17. The van der Waals surface area contributed by atoms with E-state index >= 15 is 0 Å². The summed E-state index contributed by atoms with van der Waals surface area (Å²) >= 11 is 12.5. The van der Waals surface area contributed by atoms with Gasteiger partial charge in [0.05, 0.1) is 53.3 Å². The molecule has 0 aliphatic rings. The van der Waals surface area contributed by atoms with Crippen molar-refractivity contribution in [1.82, 2.24) is 4.98 Å². The quantitative estimate of drug-likeness (QED) is 0.496. The summed E-state index contributed by atoms with van der Waals surface area (Å²) in [5.74, 6) is 1.60. The van der Waals surface area contributed by atoms with Crippen molar-refractivity contribution in [3.8, 4) is 23.3 Å². The lowest BCUT2D eigenvalue weighted by molar-refractivity contribution is 0.295. The number of nitrogens with zero attached hydrogens (tertiary/aromatic N) is 2. The first-order chi connectivity index (χ1) is 14.0. The van der Waals surface area contributed by atoms with Gasteiger partial charge in [-0.2, -0.15) is 5.26 Å². The molecule has 1 heterocycles. The van der Waals surface area contributed by atoms with Crippen LogP contribution in [-0.2, 0) is 0 Å². The molecule has 0 aliphatic heterocycles. The van der Waals surface area contributed by atoms with Gasteiger partial charge in [-0.15, -0.1) is 0 Å². The van der Waals surface area contributed by atoms with Crippen LogP contribution in [0.2, 0.25) is 10.0 Å². The average Bonchev–Trinajstić information content (AvgIpc) is 2.73. The van der Waals surface area contributed by atoms with E-state index < -0.39 is 0 Å². The van der Waals surface area contributed by atoms with Crippen LogP contribution in [0.1, 0.15) is 18.9 Å². The van der Waals surface area contributed by atoms with Gasteiger partial charge >= 0.3 is 0 Å². The summed E-state index contributed by atoms with van der Waals surface area (Å²) in [6, 6.07) is 8.99. The molecular weight excluding hydrogens is 413 g/mol. The molecule has 29 heavy (non-hydrogen) atoms. The van der Waals surface area contributed by atoms with Gasteiger partial charge in [0.15, 0.2) is 11.5 Å². The highest BCUT2D eigenvalue weighted by Crippen LogP contribution is 2.40. The fraction of sp³-hybridized carbons (Fsp3) is 0.238. The molecule has 0 bridgehead atoms. The van der Waals surface area contributed by atoms with Gasteiger partial charge in [-0.3, -0.25) is 4.98 Å². The molecule has 0 fully saturated rings. The monoisotopic (exact) mass is 431 g/mol. The predicted molar refractivity (Wildman–Crippen MR) is 115 cm³/mol. The van der Waals surface area contributed by atoms with Crippen LogP contribution in [0.5, 0.6) is 17.2 Å². The van der Waals surface area contributed by atoms with Gasteiger partial charge in [-0.25, -0.2) is 0 Å². The van der Waals surface area contributed by atoms with Crippen molar-refractivity contribution in [3.05, 3.63) is 46.1 Å². The lowest BCUT2D eigenvalue weighted by atomic mass is 10.1. The van der Waals surface area contributed by atoms with Crippen LogP contribution in [0.25, 0.3) is 10.9 Å². The first kappa shape index (κ1) is 20.8. The standard InChI is InChI=1S/C21H19Cl2N3O3/c1-4-5-29-20-8-16-13(6-19(20)28-3)21(12(10-24)11-25-16)26-17-9-18(27-2)15(23)7-14(17)22/h6-9,11H,4-5H2,1-3H3,(H,25,26). The molecule has 0 atom stereocenters. The Labute approximate surface area is 178 Å². The number of benzene rings is 2. The molecule has 2 aromatic carbocycles. The number of aromatic nitrogens is 1. The summed E-state index contributed by atoms with van der Waals surface area (Å²) in [7, 11) is 3.08. The fourth-order valence-electron chi connectivity index (χ4n) is 2.82. The number of nitriles is 1. The van der Waals surface area contributed by atoms with Crippen molar-refractivity contribution in [3.63, 3.8) is 0 Å². The number of halogens is 2. The third-order valence-corrected chi connectivity index (χ3v) is 4.84. The maximum atomic E-state index is 9.60. The van der Waals surface area contributed by atoms with Crippen molar-refractivity contribution in [2.45, 2.75) is 13.3 Å². The zero-order valence-corrected chi connectivity index (χ0v) is 17.7. The van der Waals surface area contributed by atoms with Crippen molar-refractivity contribution in [2.75, 3.05) is 26.1 Å². The van der Waals surface area contributed by atoms with Gasteiger partial charge in [0.2, 0.25) is 0 Å². The molecule has 1 N–H and O–H groups in total. The van der Waals surface area contributed by atoms with E-state index in [1.807, 2.05) is 6.92 Å². The summed E-state index contributed by atoms with van der Waals surface area (Å²) in [4.78, 5) is 4.39. The van der Waals surface area contributed by atoms with Gasteiger partial charge in [0.25, 0.3) is 0 Å². The number of pyridine rings is 1. The summed E-state index contributed by atoms with van der Waals surface area (Å²) < 4.78 is 16.5. The molecule has 0 saturated carbocycles. The van der Waals surface area contributed by atoms with Crippen LogP contribution in [0.15, 0.2) is 30.5 Å². The van der Waals surface area contributed by atoms with Gasteiger partial charge in [-0.05, 0) is 18.6 Å². The van der Waals surface area contributed by atoms with Crippen molar-refractivity contribution in [2.24, 2.45) is 0 Å². The van der Waals surface area contributed by atoms with Gasteiger partial charge in [0, 0.05) is 23.7 Å². The van der Waals surface area contributed by atoms with Crippen molar-refractivity contribution in [1.29, 1.82) is 5.26 Å². The summed E-state index contributed by atoms with van der Waals surface area (Å²) in [6.45, 7) is 2.58. The minimum Gasteiger partial charge on any atom is -0.495 e. The minimum atomic E-state index is 0.353. The molecular formula is C21H19Cl2N3O3. The van der Waals surface area contributed by atoms with E-state index in [1.165, 1.54) is 13.3 Å². The lowest BCUT2D eigenvalue weighted by Crippen LogP contribution is -2.01. The molecule has 8 heteroatoms. The van der Waals surface area contributed by atoms with Gasteiger partial charge in [-0.1, -0.05) is 30.1 Å². The van der Waals surface area contributed by atoms with Crippen LogP contribution in [0.3, 0.4) is 0 Å². The molecule has 150 valence electrons. The molecule has 0 amide bonds. The van der Waals surface area contributed by atoms with Gasteiger partial charge < -0.3 is 19.5 Å². The third kappa shape index (κ3) is 4.26. The first-order valence-corrected chi connectivity index (χ1v) is 9.61. The number of hydrogen-bond acceptors (Lipinski definition) is 6. The summed E-state index contributed by atoms with van der Waals surface area (Å²) in [6.07, 6.45) is 2.37. The van der Waals surface area contributed by atoms with E-state index in [9.17, 15) is 5.26 Å². The topological polar surface area (TPSA) is 76.4 Å². The molecule has 3 aromatic rings. The highest BCUT2D eigenvalue weighted by molar-refractivity contribution is 6.37. The number of hydrogen-bond donors (Lipinski definition) is 1. The van der Waals surface area contributed by atoms with E-state index in [1.54, 1.807) is 31.4 Å². The van der Waals surface area contributed by atoms with Crippen LogP contribution in [-0.4, -0.2) is 25.8 Å². The second-order valence-electron chi connectivity index (χ2n) is 6.12. The fourth-order valence-corrected chi connectivity index (χ4v) is 3.33. The molecule has 0 aliphatic carbocycles. The molecule has 1 aromatic heterocycles. The van der Waals surface area contributed by atoms with Crippen LogP contribution in [0, 0.1) is 11.3 Å². The van der Waals surface area contributed by atoms with Gasteiger partial charge in [0.1, 0.15) is 11.8 Å². The Hall–Kier alpha value is -2.88. The number of nitrogens with one attached hydrogen (secondary N) is 1. The Kier molecular flexibility index (Phi) is 6.53. The van der Waals surface area contributed by atoms with Crippen LogP contribution < -0.4 is 19.5 Å². The molecule has 3 rings (SSSR count). The lowest BCUT2D eigenvalue weighted by Gasteiger charge is -2.16. The van der Waals surface area contributed by atoms with Crippen LogP contribution in [0.4, 0.5) is 11.4 Å². The highest BCUT2D eigenvalue weighted by Gasteiger charge is 2.16. The largest absolute Gasteiger partial charge is 0.495 e. The number of methoxy groups -OCH3 is 2. The summed E-state index contributed by atoms with van der Waals surface area (Å²) in [5, 5.41) is 14.3. The third-order valence-electron chi connectivity index (χ3n) is 4.24. The molecule has 6 nitrogen and oxygen atoms in total. The highest BCUT2D eigenvalue weighted by atomic mass is 35.5. The number of rotatable bonds is 7. The second kappa shape index (κ2) is 9.08. The number of ether oxygens (including phenoxy) is 3. The number of fused-ring (bicyclic) bond motifs is 1. The van der Waals surface area contributed by atoms with E-state index in [-0.39, 0.29) is 0 Å². The molecule has 0 spiro atoms. The Bertz CT molecular complexity index is 1100. The first-order valence-electron chi connectivity index (χ1n) is 8.86. The Morgan fingerprint density at radius 2 is 1.79 bits per heavy atom. The Morgan fingerprint density at radius 3 is 2.45 bits per heavy atom. The number of anilines is 2. The second-order valence-corrected chi connectivity index (χ2v) is 6.93. The minimum absolute atomic E-state index is 0.353. The average molecular weight is 432 g/mol. The molecule has 0 radical (unpaired) electrons. The van der Waals surface area contributed by atoms with E-state index in [0.717, 1.165) is 6.42 Å². The molecule has 0 saturated heterocycles. The summed E-state index contributed by atoms with van der Waals surface area (Å²) in [5.41, 5.74) is 2.09. The SMILES string of the molecule is CCCOc1cc2ncc(C#N)c(Nc3cc(OC)c(Cl)cc3Cl)c2cc1OC. The zero-order valence-electron chi connectivity index (χ0n) is 16.2. The maximum Gasteiger partial charge on any atom is 0.163 e. The van der Waals surface area contributed by atoms with E-state index in [4.69, 9.17) is 37.4 Å². The Morgan fingerprint density at radius 1 is 1.03 bits per heavy atom. The predicted octanol–water partition coefficient (Wildman–Crippen LogP) is 5.96. The van der Waals surface area contributed by atoms with Crippen molar-refractivity contribution >= 4 is 45.5 Å². The van der Waals surface area contributed by atoms with E-state index in [0.29, 0.717) is 61.7 Å². The van der Waals surface area contributed by atoms with Crippen molar-refractivity contribution < 1.29 is 14.2 Å². The zero-order chi connectivity index (χ0) is 21.0. The van der Waals surface area contributed by atoms with E-state index in [2.05, 4.69) is 16.4 Å². The smallest absolute Gasteiger partial charge is 0.163 e. The maximum absolute atomic E-state index is 9.60. The molecule has 0 unspecified atom stereocenters.